The second-order valence-corrected chi connectivity index (χ2v) is 5.56. The van der Waals surface area contributed by atoms with Crippen LogP contribution >= 0.6 is 0 Å². The second-order valence-electron chi connectivity index (χ2n) is 5.56. The van der Waals surface area contributed by atoms with Crippen LogP contribution in [0.2, 0.25) is 0 Å². The molecule has 0 amide bonds. The molecule has 2 rings (SSSR count). The molecule has 4 nitrogen and oxygen atoms in total. The largest absolute Gasteiger partial charge is 0.497 e. The fourth-order valence-electron chi connectivity index (χ4n) is 3.00. The molecule has 1 saturated heterocycles. The van der Waals surface area contributed by atoms with Gasteiger partial charge in [-0.1, -0.05) is 26.0 Å². The normalized spacial score (nSPS) is 17.9. The van der Waals surface area contributed by atoms with E-state index < -0.39 is 0 Å². The van der Waals surface area contributed by atoms with E-state index in [9.17, 15) is 0 Å². The summed E-state index contributed by atoms with van der Waals surface area (Å²) in [4.78, 5) is 5.11. The highest BCUT2D eigenvalue weighted by molar-refractivity contribution is 5.31. The van der Waals surface area contributed by atoms with Crippen molar-refractivity contribution in [3.63, 3.8) is 0 Å². The second kappa shape index (κ2) is 8.37. The molecular formula is C17H29N3O. The van der Waals surface area contributed by atoms with Crippen molar-refractivity contribution in [1.82, 2.24) is 15.1 Å². The predicted octanol–water partition coefficient (Wildman–Crippen LogP) is 1.98. The minimum Gasteiger partial charge on any atom is -0.497 e. The molecule has 1 unspecified atom stereocenters. The van der Waals surface area contributed by atoms with E-state index in [-0.39, 0.29) is 0 Å². The molecule has 21 heavy (non-hydrogen) atoms. The molecule has 0 spiro atoms. The van der Waals surface area contributed by atoms with Gasteiger partial charge >= 0.3 is 0 Å². The van der Waals surface area contributed by atoms with Crippen molar-refractivity contribution >= 4 is 0 Å². The average molecular weight is 291 g/mol. The summed E-state index contributed by atoms with van der Waals surface area (Å²) in [5.74, 6) is 0.951. The Bertz CT molecular complexity index is 414. The number of likely N-dealkylation sites (N-methyl/N-ethyl adjacent to an activating group) is 1. The average Bonchev–Trinajstić information content (AvgIpc) is 2.57. The lowest BCUT2D eigenvalue weighted by molar-refractivity contribution is 0.129. The van der Waals surface area contributed by atoms with Gasteiger partial charge in [-0.2, -0.15) is 0 Å². The number of nitrogens with zero attached hydrogens (tertiary/aromatic N) is 2. The Morgan fingerprint density at radius 3 is 2.57 bits per heavy atom. The van der Waals surface area contributed by atoms with E-state index in [2.05, 4.69) is 47.2 Å². The zero-order chi connectivity index (χ0) is 15.1. The van der Waals surface area contributed by atoms with Crippen LogP contribution in [0, 0.1) is 0 Å². The van der Waals surface area contributed by atoms with Crippen LogP contribution in [-0.4, -0.2) is 62.7 Å². The van der Waals surface area contributed by atoms with Crippen LogP contribution in [0.5, 0.6) is 5.75 Å². The van der Waals surface area contributed by atoms with Gasteiger partial charge in [0.05, 0.1) is 7.11 Å². The summed E-state index contributed by atoms with van der Waals surface area (Å²) in [5.41, 5.74) is 1.36. The summed E-state index contributed by atoms with van der Waals surface area (Å²) >= 11 is 0. The smallest absolute Gasteiger partial charge is 0.119 e. The Kier molecular flexibility index (Phi) is 6.49. The van der Waals surface area contributed by atoms with Crippen molar-refractivity contribution in [2.45, 2.75) is 19.9 Å². The summed E-state index contributed by atoms with van der Waals surface area (Å²) in [6.07, 6.45) is 0. The maximum absolute atomic E-state index is 5.41. The number of piperazine rings is 1. The highest BCUT2D eigenvalue weighted by atomic mass is 16.5. The van der Waals surface area contributed by atoms with Crippen molar-refractivity contribution < 1.29 is 4.74 Å². The van der Waals surface area contributed by atoms with Crippen molar-refractivity contribution in [2.24, 2.45) is 0 Å². The number of methoxy groups -OCH3 is 1. The fraction of sp³-hybridized carbons (Fsp3) is 0.647. The maximum atomic E-state index is 5.41. The fourth-order valence-corrected chi connectivity index (χ4v) is 3.00. The summed E-state index contributed by atoms with van der Waals surface area (Å²) < 4.78 is 5.41. The predicted molar refractivity (Wildman–Crippen MR) is 88.0 cm³/mol. The highest BCUT2D eigenvalue weighted by Gasteiger charge is 2.24. The SMILES string of the molecule is CCN(CC)CC(c1cccc(OC)c1)N1CCNCC1. The Hall–Kier alpha value is -1.10. The first-order valence-corrected chi connectivity index (χ1v) is 8.09. The molecule has 1 heterocycles. The maximum Gasteiger partial charge on any atom is 0.119 e. The summed E-state index contributed by atoms with van der Waals surface area (Å²) in [5, 5.41) is 3.44. The minimum absolute atomic E-state index is 0.446. The highest BCUT2D eigenvalue weighted by Crippen LogP contribution is 2.25. The van der Waals surface area contributed by atoms with Gasteiger partial charge < -0.3 is 15.0 Å². The number of benzene rings is 1. The van der Waals surface area contributed by atoms with Crippen LogP contribution in [-0.2, 0) is 0 Å². The molecule has 4 heteroatoms. The molecule has 1 aromatic rings. The van der Waals surface area contributed by atoms with Crippen molar-refractivity contribution in [2.75, 3.05) is 52.9 Å². The molecule has 1 aliphatic rings. The van der Waals surface area contributed by atoms with Crippen LogP contribution in [0.15, 0.2) is 24.3 Å². The van der Waals surface area contributed by atoms with Gasteiger partial charge in [0.25, 0.3) is 0 Å². The lowest BCUT2D eigenvalue weighted by Gasteiger charge is -2.37. The third-order valence-electron chi connectivity index (χ3n) is 4.40. The van der Waals surface area contributed by atoms with Crippen molar-refractivity contribution in [3.8, 4) is 5.75 Å². The molecule has 1 N–H and O–H groups in total. The molecule has 1 fully saturated rings. The summed E-state index contributed by atoms with van der Waals surface area (Å²) in [6.45, 7) is 12.2. The molecule has 0 radical (unpaired) electrons. The third kappa shape index (κ3) is 4.43. The number of nitrogens with one attached hydrogen (secondary N) is 1. The number of hydrogen-bond acceptors (Lipinski definition) is 4. The number of ether oxygens (including phenoxy) is 1. The van der Waals surface area contributed by atoms with Gasteiger partial charge in [-0.15, -0.1) is 0 Å². The van der Waals surface area contributed by atoms with E-state index in [4.69, 9.17) is 4.74 Å². The van der Waals surface area contributed by atoms with Crippen LogP contribution in [0.1, 0.15) is 25.5 Å². The van der Waals surface area contributed by atoms with Crippen LogP contribution in [0.4, 0.5) is 0 Å². The molecule has 118 valence electrons. The quantitative estimate of drug-likeness (QED) is 0.831. The first-order valence-electron chi connectivity index (χ1n) is 8.09. The van der Waals surface area contributed by atoms with Crippen LogP contribution in [0.3, 0.4) is 0 Å². The Morgan fingerprint density at radius 2 is 1.95 bits per heavy atom. The summed E-state index contributed by atoms with van der Waals surface area (Å²) in [6, 6.07) is 9.00. The zero-order valence-corrected chi connectivity index (χ0v) is 13.6. The van der Waals surface area contributed by atoms with Gasteiger partial charge in [-0.05, 0) is 30.8 Å². The summed E-state index contributed by atoms with van der Waals surface area (Å²) in [7, 11) is 1.74. The van der Waals surface area contributed by atoms with E-state index in [1.54, 1.807) is 7.11 Å². The minimum atomic E-state index is 0.446. The van der Waals surface area contributed by atoms with Crippen LogP contribution in [0.25, 0.3) is 0 Å². The van der Waals surface area contributed by atoms with Gasteiger partial charge in [0.2, 0.25) is 0 Å². The van der Waals surface area contributed by atoms with E-state index in [0.717, 1.165) is 51.6 Å². The van der Waals surface area contributed by atoms with Gasteiger partial charge in [-0.3, -0.25) is 4.90 Å². The lowest BCUT2D eigenvalue weighted by Crippen LogP contribution is -2.48. The first kappa shape index (κ1) is 16.3. The van der Waals surface area contributed by atoms with Gasteiger partial charge in [0.1, 0.15) is 5.75 Å². The van der Waals surface area contributed by atoms with Gasteiger partial charge in [0.15, 0.2) is 0 Å². The molecule has 1 aliphatic heterocycles. The van der Waals surface area contributed by atoms with Crippen LogP contribution < -0.4 is 10.1 Å². The standard InChI is InChI=1S/C17H29N3O/c1-4-19(5-2)14-17(20-11-9-18-10-12-20)15-7-6-8-16(13-15)21-3/h6-8,13,17-18H,4-5,9-12,14H2,1-3H3. The topological polar surface area (TPSA) is 27.7 Å². The lowest BCUT2D eigenvalue weighted by atomic mass is 10.0. The van der Waals surface area contributed by atoms with E-state index in [0.29, 0.717) is 6.04 Å². The number of hydrogen-bond donors (Lipinski definition) is 1. The Morgan fingerprint density at radius 1 is 1.24 bits per heavy atom. The van der Waals surface area contributed by atoms with E-state index >= 15 is 0 Å². The van der Waals surface area contributed by atoms with Crippen molar-refractivity contribution in [1.29, 1.82) is 0 Å². The molecule has 0 saturated carbocycles. The van der Waals surface area contributed by atoms with Gasteiger partial charge in [0, 0.05) is 38.8 Å². The van der Waals surface area contributed by atoms with Gasteiger partial charge in [-0.25, -0.2) is 0 Å². The molecule has 1 aromatic carbocycles. The van der Waals surface area contributed by atoms with E-state index in [1.807, 2.05) is 6.07 Å². The van der Waals surface area contributed by atoms with Crippen molar-refractivity contribution in [3.05, 3.63) is 29.8 Å². The molecule has 0 aliphatic carbocycles. The molecule has 0 bridgehead atoms. The Labute approximate surface area is 129 Å². The third-order valence-corrected chi connectivity index (χ3v) is 4.40. The molecule has 1 atom stereocenters. The van der Waals surface area contributed by atoms with E-state index in [1.165, 1.54) is 5.56 Å². The molecular weight excluding hydrogens is 262 g/mol. The number of rotatable bonds is 7. The zero-order valence-electron chi connectivity index (χ0n) is 13.6. The Balaban J connectivity index is 2.20. The monoisotopic (exact) mass is 291 g/mol. The molecule has 0 aromatic heterocycles. The first-order chi connectivity index (χ1) is 10.3.